The standard InChI is InChI=1S/C15H10N4O4S/c20-10-6-7-12(19(22)23)11(8-10)17-14-13(21)18-15(24-14)16-9-4-2-1-3-5-9/h1-8,20H,(H,16,18,21)/p-1. The molecule has 9 heteroatoms. The molecular formula is C15H9N4O4S-. The Morgan fingerprint density at radius 3 is 2.54 bits per heavy atom. The second kappa shape index (κ2) is 6.50. The van der Waals surface area contributed by atoms with E-state index in [1.165, 1.54) is 0 Å². The molecule has 0 spiro atoms. The third-order valence-electron chi connectivity index (χ3n) is 2.96. The van der Waals surface area contributed by atoms with Crippen LogP contribution in [0.2, 0.25) is 0 Å². The van der Waals surface area contributed by atoms with E-state index in [-0.39, 0.29) is 16.4 Å². The Bertz CT molecular complexity index is 880. The molecule has 0 aromatic heterocycles. The molecule has 0 atom stereocenters. The Morgan fingerprint density at radius 1 is 1.08 bits per heavy atom. The summed E-state index contributed by atoms with van der Waals surface area (Å²) >= 11 is 0.949. The van der Waals surface area contributed by atoms with Crippen LogP contribution in [0, 0.1) is 10.1 Å². The minimum absolute atomic E-state index is 0.0154. The van der Waals surface area contributed by atoms with Gasteiger partial charge in [0, 0.05) is 6.07 Å². The second-order valence-electron chi connectivity index (χ2n) is 4.63. The molecule has 0 unspecified atom stereocenters. The fourth-order valence-corrected chi connectivity index (χ4v) is 2.68. The van der Waals surface area contributed by atoms with Gasteiger partial charge in [-0.3, -0.25) is 20.2 Å². The molecular weight excluding hydrogens is 332 g/mol. The van der Waals surface area contributed by atoms with Crippen LogP contribution in [0.4, 0.5) is 17.1 Å². The highest BCUT2D eigenvalue weighted by Crippen LogP contribution is 2.32. The molecule has 0 saturated carbocycles. The monoisotopic (exact) mass is 341 g/mol. The van der Waals surface area contributed by atoms with Crippen LogP contribution in [0.1, 0.15) is 0 Å². The topological polar surface area (TPSA) is 120 Å². The molecule has 8 nitrogen and oxygen atoms in total. The highest BCUT2D eigenvalue weighted by molar-refractivity contribution is 8.29. The third kappa shape index (κ3) is 3.41. The minimum atomic E-state index is -0.657. The van der Waals surface area contributed by atoms with Crippen LogP contribution >= 0.6 is 11.8 Å². The zero-order valence-corrected chi connectivity index (χ0v) is 12.8. The van der Waals surface area contributed by atoms with E-state index in [0.717, 1.165) is 30.0 Å². The average molecular weight is 341 g/mol. The van der Waals surface area contributed by atoms with Gasteiger partial charge in [-0.1, -0.05) is 24.3 Å². The second-order valence-corrected chi connectivity index (χ2v) is 5.61. The molecule has 1 aliphatic rings. The van der Waals surface area contributed by atoms with Gasteiger partial charge < -0.3 is 5.11 Å². The maximum atomic E-state index is 12.0. The van der Waals surface area contributed by atoms with E-state index in [2.05, 4.69) is 15.3 Å². The number of amidine groups is 1. The van der Waals surface area contributed by atoms with Crippen LogP contribution in [0.3, 0.4) is 0 Å². The fraction of sp³-hybridized carbons (Fsp3) is 0. The van der Waals surface area contributed by atoms with Crippen LogP contribution in [0.5, 0.6) is 5.75 Å². The molecule has 2 aromatic rings. The lowest BCUT2D eigenvalue weighted by molar-refractivity contribution is -0.384. The van der Waals surface area contributed by atoms with E-state index >= 15 is 0 Å². The van der Waals surface area contributed by atoms with Gasteiger partial charge in [-0.05, 0) is 30.0 Å². The summed E-state index contributed by atoms with van der Waals surface area (Å²) < 4.78 is 0. The molecule has 1 saturated heterocycles. The van der Waals surface area contributed by atoms with E-state index in [1.807, 2.05) is 6.07 Å². The summed E-state index contributed by atoms with van der Waals surface area (Å²) in [6, 6.07) is 12.1. The number of aliphatic imine (C=N–C) groups is 2. The van der Waals surface area contributed by atoms with E-state index in [4.69, 9.17) is 0 Å². The zero-order valence-electron chi connectivity index (χ0n) is 12.0. The van der Waals surface area contributed by atoms with Gasteiger partial charge in [0.1, 0.15) is 5.69 Å². The largest absolute Gasteiger partial charge is 0.872 e. The molecule has 24 heavy (non-hydrogen) atoms. The van der Waals surface area contributed by atoms with Crippen LogP contribution in [0.15, 0.2) is 58.5 Å². The lowest BCUT2D eigenvalue weighted by Gasteiger charge is -2.05. The van der Waals surface area contributed by atoms with Crippen LogP contribution < -0.4 is 10.4 Å². The van der Waals surface area contributed by atoms with Crippen LogP contribution in [-0.4, -0.2) is 21.0 Å². The Labute approximate surface area is 140 Å². The number of thioether (sulfide) groups is 1. The van der Waals surface area contributed by atoms with Crippen molar-refractivity contribution >= 4 is 44.9 Å². The average Bonchev–Trinajstić information content (AvgIpc) is 2.87. The predicted molar refractivity (Wildman–Crippen MR) is 88.9 cm³/mol. The summed E-state index contributed by atoms with van der Waals surface area (Å²) in [5.41, 5.74) is 0.143. The van der Waals surface area contributed by atoms with Crippen LogP contribution in [0.25, 0.3) is 0 Å². The summed E-state index contributed by atoms with van der Waals surface area (Å²) in [6.07, 6.45) is 0. The highest BCUT2D eigenvalue weighted by Gasteiger charge is 2.27. The van der Waals surface area contributed by atoms with Gasteiger partial charge in [-0.2, -0.15) is 0 Å². The van der Waals surface area contributed by atoms with E-state index in [0.29, 0.717) is 10.9 Å². The summed E-state index contributed by atoms with van der Waals surface area (Å²) in [4.78, 5) is 30.5. The Morgan fingerprint density at radius 2 is 1.83 bits per heavy atom. The first-order valence-corrected chi connectivity index (χ1v) is 7.51. The van der Waals surface area contributed by atoms with Gasteiger partial charge in [0.05, 0.1) is 10.6 Å². The Balaban J connectivity index is 1.92. The summed E-state index contributed by atoms with van der Waals surface area (Å²) in [7, 11) is 0. The lowest BCUT2D eigenvalue weighted by Crippen LogP contribution is -2.22. The van der Waals surface area contributed by atoms with E-state index < -0.39 is 16.6 Å². The number of nitro groups is 1. The number of para-hydroxylation sites is 1. The molecule has 2 aromatic carbocycles. The zero-order chi connectivity index (χ0) is 17.1. The van der Waals surface area contributed by atoms with Gasteiger partial charge in [-0.25, -0.2) is 9.98 Å². The van der Waals surface area contributed by atoms with Gasteiger partial charge in [0.15, 0.2) is 10.2 Å². The molecule has 1 fully saturated rings. The number of benzene rings is 2. The van der Waals surface area contributed by atoms with Crippen molar-refractivity contribution in [3.05, 3.63) is 58.6 Å². The number of hydrogen-bond donors (Lipinski definition) is 1. The van der Waals surface area contributed by atoms with Crippen molar-refractivity contribution in [2.24, 2.45) is 9.98 Å². The lowest BCUT2D eigenvalue weighted by atomic mass is 10.2. The van der Waals surface area contributed by atoms with Gasteiger partial charge in [0.2, 0.25) is 0 Å². The fourth-order valence-electron chi connectivity index (χ4n) is 1.91. The van der Waals surface area contributed by atoms with Gasteiger partial charge in [-0.15, -0.1) is 5.75 Å². The van der Waals surface area contributed by atoms with Gasteiger partial charge >= 0.3 is 0 Å². The Kier molecular flexibility index (Phi) is 4.25. The summed E-state index contributed by atoms with van der Waals surface area (Å²) in [5, 5.41) is 25.2. The molecule has 1 amide bonds. The van der Waals surface area contributed by atoms with Crippen molar-refractivity contribution in [2.75, 3.05) is 0 Å². The van der Waals surface area contributed by atoms with Crippen molar-refractivity contribution in [1.82, 2.24) is 5.32 Å². The number of nitrogens with one attached hydrogen (secondary N) is 1. The number of hydrogen-bond acceptors (Lipinski definition) is 7. The van der Waals surface area contributed by atoms with Gasteiger partial charge in [0.25, 0.3) is 11.6 Å². The number of carbonyl (C=O) groups excluding carboxylic acids is 1. The van der Waals surface area contributed by atoms with Crippen molar-refractivity contribution in [3.8, 4) is 5.75 Å². The number of nitrogens with zero attached hydrogens (tertiary/aromatic N) is 3. The number of rotatable bonds is 3. The first-order valence-electron chi connectivity index (χ1n) is 6.70. The minimum Gasteiger partial charge on any atom is -0.872 e. The maximum Gasteiger partial charge on any atom is 0.294 e. The summed E-state index contributed by atoms with van der Waals surface area (Å²) in [5.74, 6) is -0.957. The van der Waals surface area contributed by atoms with Crippen molar-refractivity contribution in [1.29, 1.82) is 0 Å². The van der Waals surface area contributed by atoms with E-state index in [9.17, 15) is 20.0 Å². The Hall–Kier alpha value is -3.20. The highest BCUT2D eigenvalue weighted by atomic mass is 32.2. The molecule has 0 aliphatic carbocycles. The molecule has 1 aliphatic heterocycles. The first kappa shape index (κ1) is 15.7. The normalized spacial score (nSPS) is 17.2. The van der Waals surface area contributed by atoms with Crippen LogP contribution in [-0.2, 0) is 4.79 Å². The van der Waals surface area contributed by atoms with Crippen molar-refractivity contribution in [2.45, 2.75) is 0 Å². The quantitative estimate of drug-likeness (QED) is 0.678. The molecule has 0 radical (unpaired) electrons. The molecule has 0 bridgehead atoms. The molecule has 1 heterocycles. The summed E-state index contributed by atoms with van der Waals surface area (Å²) in [6.45, 7) is 0. The molecule has 3 rings (SSSR count). The van der Waals surface area contributed by atoms with Crippen molar-refractivity contribution in [3.63, 3.8) is 0 Å². The molecule has 120 valence electrons. The number of nitro benzene ring substituents is 1. The predicted octanol–water partition coefficient (Wildman–Crippen LogP) is 2.25. The maximum absolute atomic E-state index is 12.0. The number of amides is 1. The van der Waals surface area contributed by atoms with E-state index in [1.54, 1.807) is 24.3 Å². The SMILES string of the molecule is O=C1NC(=Nc2ccccc2)SC1=Nc1cc([O-])ccc1[N+](=O)[O-]. The smallest absolute Gasteiger partial charge is 0.294 e. The third-order valence-corrected chi connectivity index (χ3v) is 3.82. The first-order chi connectivity index (χ1) is 11.5. The molecule has 1 N–H and O–H groups in total. The van der Waals surface area contributed by atoms with Crippen molar-refractivity contribution < 1.29 is 14.8 Å². The number of carbonyl (C=O) groups is 1.